The third-order valence-electron chi connectivity index (χ3n) is 5.93. The number of ether oxygens (including phenoxy) is 3. The van der Waals surface area contributed by atoms with Crippen LogP contribution >= 0.6 is 0 Å². The quantitative estimate of drug-likeness (QED) is 0.604. The second-order valence-corrected chi connectivity index (χ2v) is 7.91. The predicted molar refractivity (Wildman–Crippen MR) is 123 cm³/mol. The van der Waals surface area contributed by atoms with Gasteiger partial charge in [0.05, 0.1) is 27.2 Å². The molecule has 2 atom stereocenters. The lowest BCUT2D eigenvalue weighted by Crippen LogP contribution is -2.36. The lowest BCUT2D eigenvalue weighted by molar-refractivity contribution is -0.124. The fraction of sp³-hybridized carbons (Fsp3) is 0.440. The molecule has 1 N–H and O–H groups in total. The zero-order chi connectivity index (χ0) is 23.1. The second kappa shape index (κ2) is 10.9. The maximum absolute atomic E-state index is 13.3. The van der Waals surface area contributed by atoms with Gasteiger partial charge in [-0.2, -0.15) is 0 Å². The highest BCUT2D eigenvalue weighted by Crippen LogP contribution is 2.39. The van der Waals surface area contributed by atoms with Gasteiger partial charge in [0, 0.05) is 42.7 Å². The molecule has 1 fully saturated rings. The molecular formula is C25H32N2O5. The fourth-order valence-electron chi connectivity index (χ4n) is 4.13. The smallest absolute Gasteiger partial charge is 0.254 e. The number of methoxy groups -OCH3 is 3. The molecule has 0 radical (unpaired) electrons. The molecule has 1 heterocycles. The third kappa shape index (κ3) is 5.15. The molecule has 3 rings (SSSR count). The van der Waals surface area contributed by atoms with Gasteiger partial charge >= 0.3 is 0 Å². The summed E-state index contributed by atoms with van der Waals surface area (Å²) in [5, 5.41) is 3.04. The van der Waals surface area contributed by atoms with Crippen LogP contribution in [0.1, 0.15) is 41.6 Å². The van der Waals surface area contributed by atoms with Crippen LogP contribution in [0.5, 0.6) is 17.2 Å². The number of hydrogen-bond donors (Lipinski definition) is 1. The summed E-state index contributed by atoms with van der Waals surface area (Å²) < 4.78 is 16.2. The second-order valence-electron chi connectivity index (χ2n) is 7.91. The highest BCUT2D eigenvalue weighted by molar-refractivity contribution is 5.95. The lowest BCUT2D eigenvalue weighted by Gasteiger charge is -2.21. The van der Waals surface area contributed by atoms with Gasteiger partial charge in [0.15, 0.2) is 0 Å². The van der Waals surface area contributed by atoms with Crippen LogP contribution in [0.2, 0.25) is 0 Å². The number of rotatable bonds is 9. The van der Waals surface area contributed by atoms with E-state index in [1.165, 1.54) is 0 Å². The predicted octanol–water partition coefficient (Wildman–Crippen LogP) is 3.48. The van der Waals surface area contributed by atoms with Crippen molar-refractivity contribution in [2.45, 2.75) is 25.7 Å². The number of nitrogens with one attached hydrogen (secondary N) is 1. The number of nitrogens with zero attached hydrogens (tertiary/aromatic N) is 1. The number of hydrogen-bond acceptors (Lipinski definition) is 5. The van der Waals surface area contributed by atoms with Crippen molar-refractivity contribution in [3.8, 4) is 17.2 Å². The molecule has 0 saturated carbocycles. The van der Waals surface area contributed by atoms with Gasteiger partial charge in [-0.3, -0.25) is 9.59 Å². The molecule has 0 bridgehead atoms. The van der Waals surface area contributed by atoms with E-state index in [-0.39, 0.29) is 23.7 Å². The monoisotopic (exact) mass is 440 g/mol. The Kier molecular flexibility index (Phi) is 7.98. The van der Waals surface area contributed by atoms with Crippen molar-refractivity contribution >= 4 is 11.8 Å². The molecule has 0 aromatic heterocycles. The first kappa shape index (κ1) is 23.4. The number of amides is 2. The lowest BCUT2D eigenvalue weighted by atomic mass is 9.87. The first-order valence-electron chi connectivity index (χ1n) is 10.9. The van der Waals surface area contributed by atoms with Crippen LogP contribution < -0.4 is 19.5 Å². The van der Waals surface area contributed by atoms with Crippen molar-refractivity contribution in [3.05, 3.63) is 53.6 Å². The number of unbranched alkanes of at least 4 members (excludes halogenated alkanes) is 1. The maximum atomic E-state index is 13.3. The van der Waals surface area contributed by atoms with Crippen molar-refractivity contribution in [1.82, 2.24) is 10.2 Å². The molecule has 1 saturated heterocycles. The van der Waals surface area contributed by atoms with Crippen LogP contribution in [0.3, 0.4) is 0 Å². The van der Waals surface area contributed by atoms with Gasteiger partial charge in [-0.25, -0.2) is 0 Å². The topological polar surface area (TPSA) is 77.1 Å². The summed E-state index contributed by atoms with van der Waals surface area (Å²) in [5.41, 5.74) is 1.43. The standard InChI is InChI=1S/C25H32N2O5/c1-5-6-12-26-24(28)22-16-27(25(29)17-8-7-9-18(13-17)30-2)15-21(22)20-11-10-19(31-3)14-23(20)32-4/h7-11,13-14,21-22H,5-6,12,15-16H2,1-4H3,(H,26,28)/t21-,22-/m1/s1. The van der Waals surface area contributed by atoms with E-state index in [1.54, 1.807) is 50.5 Å². The van der Waals surface area contributed by atoms with Crippen LogP contribution in [-0.2, 0) is 4.79 Å². The van der Waals surface area contributed by atoms with E-state index in [4.69, 9.17) is 14.2 Å². The Hall–Kier alpha value is -3.22. The zero-order valence-electron chi connectivity index (χ0n) is 19.2. The van der Waals surface area contributed by atoms with Crippen molar-refractivity contribution in [2.75, 3.05) is 41.0 Å². The summed E-state index contributed by atoms with van der Waals surface area (Å²) in [5.74, 6) is 1.23. The molecule has 0 spiro atoms. The molecule has 2 aromatic rings. The summed E-state index contributed by atoms with van der Waals surface area (Å²) in [4.78, 5) is 28.1. The number of carbonyl (C=O) groups is 2. The first-order chi connectivity index (χ1) is 15.5. The van der Waals surface area contributed by atoms with Gasteiger partial charge in [-0.1, -0.05) is 25.5 Å². The minimum atomic E-state index is -0.372. The van der Waals surface area contributed by atoms with E-state index in [0.717, 1.165) is 18.4 Å². The molecule has 2 aromatic carbocycles. The normalized spacial score (nSPS) is 17.7. The van der Waals surface area contributed by atoms with Gasteiger partial charge < -0.3 is 24.4 Å². The van der Waals surface area contributed by atoms with Crippen LogP contribution in [0.15, 0.2) is 42.5 Å². The van der Waals surface area contributed by atoms with Crippen molar-refractivity contribution in [2.24, 2.45) is 5.92 Å². The molecule has 172 valence electrons. The largest absolute Gasteiger partial charge is 0.497 e. The molecule has 2 amide bonds. The van der Waals surface area contributed by atoms with Crippen LogP contribution in [0, 0.1) is 5.92 Å². The van der Waals surface area contributed by atoms with Gasteiger partial charge in [0.2, 0.25) is 5.91 Å². The van der Waals surface area contributed by atoms with Crippen LogP contribution in [-0.4, -0.2) is 57.7 Å². The summed E-state index contributed by atoms with van der Waals surface area (Å²) in [7, 11) is 4.77. The van der Waals surface area contributed by atoms with E-state index in [0.29, 0.717) is 42.4 Å². The summed E-state index contributed by atoms with van der Waals surface area (Å²) in [6.45, 7) is 3.47. The Morgan fingerprint density at radius 3 is 2.44 bits per heavy atom. The highest BCUT2D eigenvalue weighted by Gasteiger charge is 2.41. The van der Waals surface area contributed by atoms with E-state index >= 15 is 0 Å². The maximum Gasteiger partial charge on any atom is 0.254 e. The minimum absolute atomic E-state index is 0.0396. The van der Waals surface area contributed by atoms with E-state index in [9.17, 15) is 9.59 Å². The van der Waals surface area contributed by atoms with E-state index in [1.807, 2.05) is 18.2 Å². The molecule has 1 aliphatic heterocycles. The molecular weight excluding hydrogens is 408 g/mol. The van der Waals surface area contributed by atoms with Crippen LogP contribution in [0.4, 0.5) is 0 Å². The van der Waals surface area contributed by atoms with Crippen molar-refractivity contribution in [1.29, 1.82) is 0 Å². The molecule has 7 heteroatoms. The number of carbonyl (C=O) groups excluding carboxylic acids is 2. The fourth-order valence-corrected chi connectivity index (χ4v) is 4.13. The van der Waals surface area contributed by atoms with Gasteiger partial charge in [0.25, 0.3) is 5.91 Å². The van der Waals surface area contributed by atoms with E-state index in [2.05, 4.69) is 12.2 Å². The Bertz CT molecular complexity index is 946. The van der Waals surface area contributed by atoms with Crippen molar-refractivity contribution in [3.63, 3.8) is 0 Å². The van der Waals surface area contributed by atoms with Gasteiger partial charge in [-0.05, 0) is 30.7 Å². The van der Waals surface area contributed by atoms with Gasteiger partial charge in [0.1, 0.15) is 17.2 Å². The van der Waals surface area contributed by atoms with Crippen molar-refractivity contribution < 1.29 is 23.8 Å². The van der Waals surface area contributed by atoms with E-state index < -0.39 is 0 Å². The summed E-state index contributed by atoms with van der Waals surface area (Å²) >= 11 is 0. The average molecular weight is 441 g/mol. The Labute approximate surface area is 189 Å². The molecule has 7 nitrogen and oxygen atoms in total. The molecule has 1 aliphatic rings. The third-order valence-corrected chi connectivity index (χ3v) is 5.93. The molecule has 32 heavy (non-hydrogen) atoms. The minimum Gasteiger partial charge on any atom is -0.497 e. The number of likely N-dealkylation sites (tertiary alicyclic amines) is 1. The average Bonchev–Trinajstić information content (AvgIpc) is 3.28. The first-order valence-corrected chi connectivity index (χ1v) is 10.9. The Morgan fingerprint density at radius 2 is 1.75 bits per heavy atom. The molecule has 0 unspecified atom stereocenters. The number of benzene rings is 2. The SMILES string of the molecule is CCCCNC(=O)[C@@H]1CN(C(=O)c2cccc(OC)c2)C[C@@H]1c1ccc(OC)cc1OC. The Morgan fingerprint density at radius 1 is 1.00 bits per heavy atom. The highest BCUT2D eigenvalue weighted by atomic mass is 16.5. The summed E-state index contributed by atoms with van der Waals surface area (Å²) in [6.07, 6.45) is 1.92. The Balaban J connectivity index is 1.90. The molecule has 0 aliphatic carbocycles. The van der Waals surface area contributed by atoms with Gasteiger partial charge in [-0.15, -0.1) is 0 Å². The van der Waals surface area contributed by atoms with Crippen LogP contribution in [0.25, 0.3) is 0 Å². The zero-order valence-corrected chi connectivity index (χ0v) is 19.2. The summed E-state index contributed by atoms with van der Waals surface area (Å²) in [6, 6.07) is 12.7.